The van der Waals surface area contributed by atoms with E-state index < -0.39 is 11.6 Å². The van der Waals surface area contributed by atoms with Crippen LogP contribution in [-0.2, 0) is 0 Å². The topological polar surface area (TPSA) is 12.9 Å². The van der Waals surface area contributed by atoms with Crippen LogP contribution in [-0.4, -0.2) is 4.98 Å². The highest BCUT2D eigenvalue weighted by Crippen LogP contribution is 2.24. The Morgan fingerprint density at radius 2 is 1.79 bits per heavy atom. The molecule has 72 valence electrons. The predicted octanol–water partition coefficient (Wildman–Crippen LogP) is 3.40. The van der Waals surface area contributed by atoms with Crippen molar-refractivity contribution >= 4 is 11.3 Å². The van der Waals surface area contributed by atoms with Crippen molar-refractivity contribution in [2.75, 3.05) is 0 Å². The van der Waals surface area contributed by atoms with Crippen LogP contribution in [0.1, 0.15) is 5.69 Å². The second-order valence-corrected chi connectivity index (χ2v) is 3.81. The van der Waals surface area contributed by atoms with E-state index in [2.05, 4.69) is 4.98 Å². The van der Waals surface area contributed by atoms with Gasteiger partial charge in [-0.15, -0.1) is 11.3 Å². The van der Waals surface area contributed by atoms with E-state index in [0.717, 1.165) is 11.8 Å². The van der Waals surface area contributed by atoms with Gasteiger partial charge in [0, 0.05) is 22.7 Å². The van der Waals surface area contributed by atoms with Crippen LogP contribution in [0.2, 0.25) is 0 Å². The lowest BCUT2D eigenvalue weighted by Crippen LogP contribution is -1.83. The van der Waals surface area contributed by atoms with Crippen molar-refractivity contribution in [2.24, 2.45) is 0 Å². The minimum atomic E-state index is -0.576. The fraction of sp³-hybridized carbons (Fsp3) is 0.100. The minimum Gasteiger partial charge on any atom is -0.241 e. The van der Waals surface area contributed by atoms with E-state index in [9.17, 15) is 8.78 Å². The highest BCUT2D eigenvalue weighted by molar-refractivity contribution is 7.13. The molecule has 0 amide bonds. The molecule has 0 saturated carbocycles. The summed E-state index contributed by atoms with van der Waals surface area (Å²) in [5, 5.41) is 2.49. The number of nitrogens with zero attached hydrogens (tertiary/aromatic N) is 1. The number of halogens is 2. The van der Waals surface area contributed by atoms with Crippen molar-refractivity contribution in [2.45, 2.75) is 6.92 Å². The molecule has 0 aliphatic heterocycles. The number of hydrogen-bond donors (Lipinski definition) is 0. The normalized spacial score (nSPS) is 10.5. The summed E-state index contributed by atoms with van der Waals surface area (Å²) >= 11 is 1.38. The lowest BCUT2D eigenvalue weighted by atomic mass is 10.2. The molecule has 0 spiro atoms. The molecule has 2 aromatic rings. The molecule has 1 heterocycles. The molecule has 0 aliphatic rings. The summed E-state index contributed by atoms with van der Waals surface area (Å²) in [6.45, 7) is 1.84. The first-order valence-electron chi connectivity index (χ1n) is 4.04. The third-order valence-electron chi connectivity index (χ3n) is 1.73. The van der Waals surface area contributed by atoms with Crippen molar-refractivity contribution in [3.05, 3.63) is 40.9 Å². The lowest BCUT2D eigenvalue weighted by Gasteiger charge is -1.96. The molecule has 1 nitrogen and oxygen atoms in total. The molecule has 0 radical (unpaired) electrons. The Balaban J connectivity index is 2.51. The van der Waals surface area contributed by atoms with E-state index >= 15 is 0 Å². The second-order valence-electron chi connectivity index (χ2n) is 2.95. The van der Waals surface area contributed by atoms with Gasteiger partial charge in [-0.2, -0.15) is 0 Å². The zero-order chi connectivity index (χ0) is 10.1. The third kappa shape index (κ3) is 1.80. The van der Waals surface area contributed by atoms with E-state index in [1.807, 2.05) is 12.3 Å². The fourth-order valence-corrected chi connectivity index (χ4v) is 1.95. The van der Waals surface area contributed by atoms with Gasteiger partial charge >= 0.3 is 0 Å². The largest absolute Gasteiger partial charge is 0.241 e. The highest BCUT2D eigenvalue weighted by Gasteiger charge is 2.05. The highest BCUT2D eigenvalue weighted by atomic mass is 32.1. The Morgan fingerprint density at radius 1 is 1.14 bits per heavy atom. The summed E-state index contributed by atoms with van der Waals surface area (Å²) < 4.78 is 25.7. The van der Waals surface area contributed by atoms with Crippen molar-refractivity contribution in [1.29, 1.82) is 0 Å². The number of thiazole rings is 1. The lowest BCUT2D eigenvalue weighted by molar-refractivity contribution is 0.584. The van der Waals surface area contributed by atoms with E-state index in [1.54, 1.807) is 0 Å². The maximum absolute atomic E-state index is 12.9. The molecule has 0 aliphatic carbocycles. The minimum absolute atomic E-state index is 0.487. The molecule has 0 fully saturated rings. The number of rotatable bonds is 1. The summed E-state index contributed by atoms with van der Waals surface area (Å²) in [7, 11) is 0. The van der Waals surface area contributed by atoms with Gasteiger partial charge in [0.05, 0.1) is 0 Å². The molecule has 0 saturated heterocycles. The summed E-state index contributed by atoms with van der Waals surface area (Å²) in [5.41, 5.74) is 1.34. The smallest absolute Gasteiger partial charge is 0.126 e. The maximum Gasteiger partial charge on any atom is 0.126 e. The van der Waals surface area contributed by atoms with E-state index in [-0.39, 0.29) is 0 Å². The molecule has 14 heavy (non-hydrogen) atoms. The number of aromatic nitrogens is 1. The molecular weight excluding hydrogens is 204 g/mol. The molecule has 0 N–H and O–H groups in total. The van der Waals surface area contributed by atoms with Crippen molar-refractivity contribution in [1.82, 2.24) is 4.98 Å². The monoisotopic (exact) mass is 211 g/mol. The summed E-state index contributed by atoms with van der Waals surface area (Å²) in [5.74, 6) is -1.15. The van der Waals surface area contributed by atoms with Gasteiger partial charge in [0.25, 0.3) is 0 Å². The van der Waals surface area contributed by atoms with Crippen LogP contribution in [0.25, 0.3) is 10.6 Å². The molecule has 4 heteroatoms. The van der Waals surface area contributed by atoms with E-state index in [1.165, 1.54) is 23.5 Å². The number of aryl methyl sites for hydroxylation is 1. The molecule has 1 aromatic carbocycles. The average molecular weight is 211 g/mol. The van der Waals surface area contributed by atoms with Crippen LogP contribution in [0.3, 0.4) is 0 Å². The standard InChI is InChI=1S/C10H7F2NS/c1-6-5-14-10(13-6)7-2-8(11)4-9(12)3-7/h2-5H,1H3. The van der Waals surface area contributed by atoms with Gasteiger partial charge in [0.15, 0.2) is 0 Å². The van der Waals surface area contributed by atoms with Crippen molar-refractivity contribution in [3.63, 3.8) is 0 Å². The molecule has 0 atom stereocenters. The zero-order valence-corrected chi connectivity index (χ0v) is 8.24. The Hall–Kier alpha value is -1.29. The number of benzene rings is 1. The van der Waals surface area contributed by atoms with Gasteiger partial charge < -0.3 is 0 Å². The fourth-order valence-electron chi connectivity index (χ4n) is 1.16. The average Bonchev–Trinajstić information content (AvgIpc) is 2.50. The number of hydrogen-bond acceptors (Lipinski definition) is 2. The molecule has 0 bridgehead atoms. The van der Waals surface area contributed by atoms with Gasteiger partial charge in [-0.05, 0) is 19.1 Å². The van der Waals surface area contributed by atoms with Gasteiger partial charge in [0.1, 0.15) is 16.6 Å². The van der Waals surface area contributed by atoms with E-state index in [0.29, 0.717) is 10.6 Å². The molecular formula is C10H7F2NS. The first kappa shape index (κ1) is 9.27. The Morgan fingerprint density at radius 3 is 2.29 bits per heavy atom. The molecule has 1 aromatic heterocycles. The Labute approximate surface area is 84.0 Å². The van der Waals surface area contributed by atoms with Crippen LogP contribution in [0.15, 0.2) is 23.6 Å². The Kier molecular flexibility index (Phi) is 2.29. The first-order chi connectivity index (χ1) is 6.65. The van der Waals surface area contributed by atoms with Crippen molar-refractivity contribution < 1.29 is 8.78 Å². The van der Waals surface area contributed by atoms with Gasteiger partial charge in [-0.1, -0.05) is 0 Å². The molecule has 0 unspecified atom stereocenters. The quantitative estimate of drug-likeness (QED) is 0.704. The van der Waals surface area contributed by atoms with Crippen LogP contribution < -0.4 is 0 Å². The SMILES string of the molecule is Cc1csc(-c2cc(F)cc(F)c2)n1. The van der Waals surface area contributed by atoms with Gasteiger partial charge in [-0.3, -0.25) is 0 Å². The van der Waals surface area contributed by atoms with E-state index in [4.69, 9.17) is 0 Å². The predicted molar refractivity (Wildman–Crippen MR) is 52.2 cm³/mol. The summed E-state index contributed by atoms with van der Waals surface area (Å²) in [6, 6.07) is 3.41. The van der Waals surface area contributed by atoms with Gasteiger partial charge in [0.2, 0.25) is 0 Å². The van der Waals surface area contributed by atoms with Crippen LogP contribution in [0.5, 0.6) is 0 Å². The zero-order valence-electron chi connectivity index (χ0n) is 7.42. The Bertz CT molecular complexity index is 445. The maximum atomic E-state index is 12.9. The first-order valence-corrected chi connectivity index (χ1v) is 4.92. The van der Waals surface area contributed by atoms with Crippen LogP contribution in [0.4, 0.5) is 8.78 Å². The third-order valence-corrected chi connectivity index (χ3v) is 2.74. The van der Waals surface area contributed by atoms with Crippen LogP contribution in [0, 0.1) is 18.6 Å². The summed E-state index contributed by atoms with van der Waals surface area (Å²) in [6.07, 6.45) is 0. The van der Waals surface area contributed by atoms with Gasteiger partial charge in [-0.25, -0.2) is 13.8 Å². The molecule has 2 rings (SSSR count). The summed E-state index contributed by atoms with van der Waals surface area (Å²) in [4.78, 5) is 4.15. The second kappa shape index (κ2) is 3.46. The van der Waals surface area contributed by atoms with Crippen LogP contribution >= 0.6 is 11.3 Å². The van der Waals surface area contributed by atoms with Crippen molar-refractivity contribution in [3.8, 4) is 10.6 Å².